The highest BCUT2D eigenvalue weighted by molar-refractivity contribution is 6.42. The number of benzene rings is 1. The van der Waals surface area contributed by atoms with Crippen molar-refractivity contribution in [2.45, 2.75) is 46.0 Å². The molecule has 3 amide bonds. The fraction of sp³-hybridized carbons (Fsp3) is 0.643. The SMILES string of the molecule is CC1(C)C2CC=C(CN(CCN3CCN(C(=O)C4CCC4)CC3)C(=O)Nc3ccc(Cl)c(Cl)c3)C1C2. The third-order valence-electron chi connectivity index (χ3n) is 9.24. The van der Waals surface area contributed by atoms with Crippen LogP contribution in [-0.2, 0) is 4.79 Å². The number of hydrogen-bond acceptors (Lipinski definition) is 3. The fourth-order valence-electron chi connectivity index (χ4n) is 6.27. The maximum Gasteiger partial charge on any atom is 0.322 e. The molecule has 1 aromatic rings. The summed E-state index contributed by atoms with van der Waals surface area (Å²) in [5.74, 6) is 1.92. The van der Waals surface area contributed by atoms with Crippen LogP contribution in [0.2, 0.25) is 10.0 Å². The van der Waals surface area contributed by atoms with Crippen LogP contribution in [0, 0.1) is 23.2 Å². The standard InChI is InChI=1S/C28H38Cl2N4O2/c1-28(2)21-7-6-20(23(28)16-21)18-34(27(36)31-22-8-9-24(29)25(30)17-22)15-12-32-10-13-33(14-11-32)26(35)19-4-3-5-19/h6,8-9,17,19,21,23H,3-5,7,10-16,18H2,1-2H3,(H,31,36). The average Bonchev–Trinajstić information content (AvgIpc) is 2.83. The van der Waals surface area contributed by atoms with Crippen LogP contribution in [0.25, 0.3) is 0 Å². The van der Waals surface area contributed by atoms with Gasteiger partial charge in [0.15, 0.2) is 0 Å². The molecule has 2 saturated carbocycles. The molecule has 0 radical (unpaired) electrons. The molecule has 2 bridgehead atoms. The summed E-state index contributed by atoms with van der Waals surface area (Å²) in [7, 11) is 0. The maximum absolute atomic E-state index is 13.4. The Bertz CT molecular complexity index is 1030. The number of carbonyl (C=O) groups is 2. The van der Waals surface area contributed by atoms with Crippen LogP contribution >= 0.6 is 23.2 Å². The summed E-state index contributed by atoms with van der Waals surface area (Å²) in [6.45, 7) is 10.1. The second-order valence-corrected chi connectivity index (χ2v) is 12.4. The van der Waals surface area contributed by atoms with Crippen molar-refractivity contribution in [1.29, 1.82) is 0 Å². The number of fused-ring (bicyclic) bond motifs is 1. The van der Waals surface area contributed by atoms with Gasteiger partial charge in [0.25, 0.3) is 0 Å². The molecule has 6 rings (SSSR count). The second-order valence-electron chi connectivity index (χ2n) is 11.6. The van der Waals surface area contributed by atoms with Gasteiger partial charge in [-0.3, -0.25) is 9.69 Å². The van der Waals surface area contributed by atoms with Crippen molar-refractivity contribution < 1.29 is 9.59 Å². The molecule has 6 nitrogen and oxygen atoms in total. The smallest absolute Gasteiger partial charge is 0.322 e. The number of rotatable bonds is 7. The predicted octanol–water partition coefficient (Wildman–Crippen LogP) is 5.76. The third-order valence-corrected chi connectivity index (χ3v) is 9.98. The van der Waals surface area contributed by atoms with Crippen LogP contribution in [0.15, 0.2) is 29.8 Å². The van der Waals surface area contributed by atoms with Crippen molar-refractivity contribution in [3.63, 3.8) is 0 Å². The van der Waals surface area contributed by atoms with E-state index in [1.165, 1.54) is 18.4 Å². The highest BCUT2D eigenvalue weighted by Crippen LogP contribution is 2.59. The Morgan fingerprint density at radius 2 is 1.86 bits per heavy atom. The van der Waals surface area contributed by atoms with E-state index in [4.69, 9.17) is 23.2 Å². The molecule has 0 spiro atoms. The van der Waals surface area contributed by atoms with Gasteiger partial charge in [0, 0.05) is 57.4 Å². The lowest BCUT2D eigenvalue weighted by atomic mass is 9.49. The predicted molar refractivity (Wildman–Crippen MR) is 145 cm³/mol. The first-order valence-corrected chi connectivity index (χ1v) is 14.2. The Morgan fingerprint density at radius 3 is 2.47 bits per heavy atom. The number of piperazine rings is 1. The minimum atomic E-state index is -0.118. The lowest BCUT2D eigenvalue weighted by molar-refractivity contribution is -0.139. The van der Waals surface area contributed by atoms with Crippen LogP contribution in [0.4, 0.5) is 10.5 Å². The van der Waals surface area contributed by atoms with E-state index in [1.54, 1.807) is 18.2 Å². The van der Waals surface area contributed by atoms with Crippen molar-refractivity contribution >= 4 is 40.8 Å². The number of hydrogen-bond donors (Lipinski definition) is 1. The van der Waals surface area contributed by atoms with Gasteiger partial charge in [-0.25, -0.2) is 4.79 Å². The summed E-state index contributed by atoms with van der Waals surface area (Å²) in [5.41, 5.74) is 2.35. The summed E-state index contributed by atoms with van der Waals surface area (Å²) >= 11 is 12.2. The van der Waals surface area contributed by atoms with Crippen molar-refractivity contribution in [3.05, 3.63) is 39.9 Å². The number of allylic oxidation sites excluding steroid dienone is 1. The van der Waals surface area contributed by atoms with Gasteiger partial charge >= 0.3 is 6.03 Å². The molecule has 1 heterocycles. The molecule has 8 heteroatoms. The number of nitrogens with zero attached hydrogens (tertiary/aromatic N) is 3. The van der Waals surface area contributed by atoms with Crippen LogP contribution < -0.4 is 5.32 Å². The topological polar surface area (TPSA) is 55.9 Å². The molecular formula is C28H38Cl2N4O2. The van der Waals surface area contributed by atoms with Crippen molar-refractivity contribution in [2.24, 2.45) is 23.2 Å². The van der Waals surface area contributed by atoms with E-state index in [0.29, 0.717) is 46.1 Å². The molecular weight excluding hydrogens is 495 g/mol. The Balaban J connectivity index is 1.21. The highest BCUT2D eigenvalue weighted by Gasteiger charge is 2.51. The van der Waals surface area contributed by atoms with E-state index in [2.05, 4.69) is 30.1 Å². The lowest BCUT2D eigenvalue weighted by Crippen LogP contribution is -2.53. The Kier molecular flexibility index (Phi) is 7.58. The van der Waals surface area contributed by atoms with Crippen LogP contribution in [0.5, 0.6) is 0 Å². The monoisotopic (exact) mass is 532 g/mol. The number of anilines is 1. The zero-order valence-electron chi connectivity index (χ0n) is 21.4. The summed E-state index contributed by atoms with van der Waals surface area (Å²) in [5, 5.41) is 3.92. The van der Waals surface area contributed by atoms with E-state index < -0.39 is 0 Å². The summed E-state index contributed by atoms with van der Waals surface area (Å²) in [4.78, 5) is 32.4. The largest absolute Gasteiger partial charge is 0.340 e. The van der Waals surface area contributed by atoms with E-state index in [-0.39, 0.29) is 11.9 Å². The summed E-state index contributed by atoms with van der Waals surface area (Å²) < 4.78 is 0. The van der Waals surface area contributed by atoms with Crippen molar-refractivity contribution in [1.82, 2.24) is 14.7 Å². The molecule has 0 aromatic heterocycles. The lowest BCUT2D eigenvalue weighted by Gasteiger charge is -2.57. The molecule has 4 aliphatic carbocycles. The molecule has 36 heavy (non-hydrogen) atoms. The van der Waals surface area contributed by atoms with E-state index >= 15 is 0 Å². The molecule has 196 valence electrons. The van der Waals surface area contributed by atoms with Crippen LogP contribution in [0.3, 0.4) is 0 Å². The Morgan fingerprint density at radius 1 is 1.11 bits per heavy atom. The fourth-order valence-corrected chi connectivity index (χ4v) is 6.57. The highest BCUT2D eigenvalue weighted by atomic mass is 35.5. The van der Waals surface area contributed by atoms with Gasteiger partial charge in [-0.05, 0) is 61.1 Å². The molecule has 2 atom stereocenters. The molecule has 3 fully saturated rings. The average molecular weight is 534 g/mol. The molecule has 1 aromatic carbocycles. The molecule has 2 unspecified atom stereocenters. The second kappa shape index (κ2) is 10.5. The molecule has 1 saturated heterocycles. The molecule has 1 N–H and O–H groups in total. The van der Waals surface area contributed by atoms with Gasteiger partial charge in [-0.15, -0.1) is 0 Å². The molecule has 1 aliphatic heterocycles. The first-order chi connectivity index (χ1) is 17.2. The first-order valence-electron chi connectivity index (χ1n) is 13.4. The zero-order valence-corrected chi connectivity index (χ0v) is 23.0. The van der Waals surface area contributed by atoms with Crippen LogP contribution in [0.1, 0.15) is 46.0 Å². The van der Waals surface area contributed by atoms with Gasteiger partial charge in [0.1, 0.15) is 0 Å². The number of urea groups is 1. The van der Waals surface area contributed by atoms with Gasteiger partial charge in [-0.1, -0.05) is 55.1 Å². The van der Waals surface area contributed by atoms with Gasteiger partial charge in [0.05, 0.1) is 10.0 Å². The van der Waals surface area contributed by atoms with E-state index in [1.807, 2.05) is 9.80 Å². The summed E-state index contributed by atoms with van der Waals surface area (Å²) in [6.07, 6.45) is 8.00. The van der Waals surface area contributed by atoms with E-state index in [0.717, 1.165) is 57.9 Å². The Labute approximate surface area is 225 Å². The van der Waals surface area contributed by atoms with Gasteiger partial charge in [-0.2, -0.15) is 0 Å². The minimum Gasteiger partial charge on any atom is -0.340 e. The van der Waals surface area contributed by atoms with Crippen LogP contribution in [-0.4, -0.2) is 72.5 Å². The Hall–Kier alpha value is -1.76. The first kappa shape index (κ1) is 25.9. The third kappa shape index (κ3) is 5.27. The van der Waals surface area contributed by atoms with Gasteiger partial charge in [0.2, 0.25) is 5.91 Å². The van der Waals surface area contributed by atoms with Gasteiger partial charge < -0.3 is 15.1 Å². The number of amides is 3. The normalized spacial score (nSPS) is 25.4. The molecule has 5 aliphatic rings. The van der Waals surface area contributed by atoms with E-state index in [9.17, 15) is 9.59 Å². The van der Waals surface area contributed by atoms with Crippen molar-refractivity contribution in [3.8, 4) is 0 Å². The van der Waals surface area contributed by atoms with Crippen molar-refractivity contribution in [2.75, 3.05) is 51.1 Å². The quantitative estimate of drug-likeness (QED) is 0.454. The maximum atomic E-state index is 13.4. The number of carbonyl (C=O) groups excluding carboxylic acids is 2. The zero-order chi connectivity index (χ0) is 25.4. The summed E-state index contributed by atoms with van der Waals surface area (Å²) in [6, 6.07) is 5.06. The number of halogens is 2. The minimum absolute atomic E-state index is 0.118. The number of nitrogens with one attached hydrogen (secondary N) is 1.